The molecule has 16 heavy (non-hydrogen) atoms. The molecule has 0 atom stereocenters. The highest BCUT2D eigenvalue weighted by atomic mass is 19.4. The van der Waals surface area contributed by atoms with Crippen LogP contribution in [0.5, 0.6) is 0 Å². The molecule has 0 aromatic carbocycles. The second kappa shape index (κ2) is 3.62. The van der Waals surface area contributed by atoms with Crippen LogP contribution in [-0.4, -0.2) is 26.1 Å². The minimum atomic E-state index is -4.34. The fraction of sp³-hybridized carbons (Fsp3) is 0.375. The van der Waals surface area contributed by atoms with E-state index < -0.39 is 12.7 Å². The molecular weight excluding hydrogens is 225 g/mol. The maximum Gasteiger partial charge on any atom is 0.408 e. The lowest BCUT2D eigenvalue weighted by molar-refractivity contribution is -0.142. The van der Waals surface area contributed by atoms with Crippen LogP contribution < -0.4 is 0 Å². The van der Waals surface area contributed by atoms with Gasteiger partial charge in [0.05, 0.1) is 6.20 Å². The highest BCUT2D eigenvalue weighted by molar-refractivity contribution is 5.51. The lowest BCUT2D eigenvalue weighted by atomic mass is 10.3. The Morgan fingerprint density at radius 1 is 1.44 bits per heavy atom. The van der Waals surface area contributed by atoms with Crippen molar-refractivity contribution in [1.29, 1.82) is 0 Å². The van der Waals surface area contributed by atoms with E-state index in [1.165, 1.54) is 6.20 Å². The number of aryl methyl sites for hydroxylation is 1. The summed E-state index contributed by atoms with van der Waals surface area (Å²) in [5.41, 5.74) is 0.739. The van der Waals surface area contributed by atoms with Crippen molar-refractivity contribution < 1.29 is 17.7 Å². The first kappa shape index (κ1) is 10.7. The molecule has 0 aliphatic carbocycles. The first-order chi connectivity index (χ1) is 7.47. The quantitative estimate of drug-likeness (QED) is 0.792. The minimum absolute atomic E-state index is 0.0271. The second-order valence-corrected chi connectivity index (χ2v) is 3.20. The summed E-state index contributed by atoms with van der Waals surface area (Å²) < 4.78 is 42.3. The minimum Gasteiger partial charge on any atom is -0.333 e. The van der Waals surface area contributed by atoms with Gasteiger partial charge in [-0.3, -0.25) is 4.68 Å². The third-order valence-corrected chi connectivity index (χ3v) is 1.92. The third kappa shape index (κ3) is 2.05. The molecule has 0 bridgehead atoms. The normalized spacial score (nSPS) is 12.0. The molecule has 0 aliphatic rings. The Bertz CT molecular complexity index is 474. The van der Waals surface area contributed by atoms with Crippen molar-refractivity contribution in [2.45, 2.75) is 19.6 Å². The summed E-state index contributed by atoms with van der Waals surface area (Å²) in [7, 11) is 0. The van der Waals surface area contributed by atoms with Gasteiger partial charge in [0, 0.05) is 5.56 Å². The van der Waals surface area contributed by atoms with Crippen molar-refractivity contribution >= 4 is 0 Å². The van der Waals surface area contributed by atoms with Crippen LogP contribution in [0.2, 0.25) is 0 Å². The van der Waals surface area contributed by atoms with Gasteiger partial charge in [0.25, 0.3) is 5.89 Å². The average molecular weight is 232 g/mol. The molecule has 0 N–H and O–H groups in total. The van der Waals surface area contributed by atoms with Crippen molar-refractivity contribution in [3.8, 4) is 11.6 Å². The van der Waals surface area contributed by atoms with E-state index in [4.69, 9.17) is 4.52 Å². The van der Waals surface area contributed by atoms with Gasteiger partial charge in [0.1, 0.15) is 12.2 Å². The Morgan fingerprint density at radius 3 is 2.75 bits per heavy atom. The highest BCUT2D eigenvalue weighted by Crippen LogP contribution is 2.24. The van der Waals surface area contributed by atoms with E-state index >= 15 is 0 Å². The molecule has 2 aromatic heterocycles. The van der Waals surface area contributed by atoms with Crippen molar-refractivity contribution in [2.24, 2.45) is 0 Å². The van der Waals surface area contributed by atoms with Gasteiger partial charge >= 0.3 is 6.18 Å². The van der Waals surface area contributed by atoms with Gasteiger partial charge in [-0.05, 0) is 6.92 Å². The number of alkyl halides is 3. The predicted octanol–water partition coefficient (Wildman–Crippen LogP) is 1.80. The van der Waals surface area contributed by atoms with Gasteiger partial charge in [-0.25, -0.2) is 0 Å². The van der Waals surface area contributed by atoms with E-state index in [2.05, 4.69) is 15.2 Å². The SMILES string of the molecule is Cc1cnn(CC(F)(F)F)c1-c1ncno1. The molecule has 0 radical (unpaired) electrons. The maximum atomic E-state index is 12.2. The van der Waals surface area contributed by atoms with Crippen LogP contribution >= 0.6 is 0 Å². The predicted molar refractivity (Wildman–Crippen MR) is 46.3 cm³/mol. The fourth-order valence-corrected chi connectivity index (χ4v) is 1.32. The van der Waals surface area contributed by atoms with Gasteiger partial charge in [-0.2, -0.15) is 23.3 Å². The van der Waals surface area contributed by atoms with Crippen LogP contribution in [0, 0.1) is 6.92 Å². The van der Waals surface area contributed by atoms with Crippen molar-refractivity contribution in [3.63, 3.8) is 0 Å². The Morgan fingerprint density at radius 2 is 2.19 bits per heavy atom. The van der Waals surface area contributed by atoms with E-state index in [0.717, 1.165) is 11.0 Å². The summed E-state index contributed by atoms with van der Waals surface area (Å²) in [6.07, 6.45) is -1.89. The van der Waals surface area contributed by atoms with Gasteiger partial charge in [0.15, 0.2) is 6.33 Å². The standard InChI is InChI=1S/C8H7F3N4O/c1-5-2-13-15(3-8(9,10)11)6(5)7-12-4-14-16-7/h2,4H,3H2,1H3. The smallest absolute Gasteiger partial charge is 0.333 e. The summed E-state index contributed by atoms with van der Waals surface area (Å²) in [5, 5.41) is 6.97. The van der Waals surface area contributed by atoms with E-state index in [9.17, 15) is 13.2 Å². The van der Waals surface area contributed by atoms with Crippen LogP contribution in [0.1, 0.15) is 5.56 Å². The maximum absolute atomic E-state index is 12.2. The zero-order valence-electron chi connectivity index (χ0n) is 8.19. The summed E-state index contributed by atoms with van der Waals surface area (Å²) in [6.45, 7) is 0.442. The zero-order valence-corrected chi connectivity index (χ0v) is 8.19. The van der Waals surface area contributed by atoms with Gasteiger partial charge in [-0.1, -0.05) is 5.16 Å². The molecule has 8 heteroatoms. The van der Waals surface area contributed by atoms with E-state index in [0.29, 0.717) is 5.56 Å². The largest absolute Gasteiger partial charge is 0.408 e. The number of aromatic nitrogens is 4. The molecule has 0 saturated carbocycles. The van der Waals surface area contributed by atoms with Crippen molar-refractivity contribution in [1.82, 2.24) is 19.9 Å². The first-order valence-corrected chi connectivity index (χ1v) is 4.33. The van der Waals surface area contributed by atoms with E-state index in [1.807, 2.05) is 0 Å². The van der Waals surface area contributed by atoms with Crippen LogP contribution in [0.15, 0.2) is 17.0 Å². The van der Waals surface area contributed by atoms with Crippen LogP contribution in [-0.2, 0) is 6.54 Å². The molecule has 0 aliphatic heterocycles. The summed E-state index contributed by atoms with van der Waals surface area (Å²) >= 11 is 0. The molecule has 0 unspecified atom stereocenters. The zero-order chi connectivity index (χ0) is 11.8. The van der Waals surface area contributed by atoms with Crippen LogP contribution in [0.4, 0.5) is 13.2 Å². The molecule has 2 rings (SSSR count). The van der Waals surface area contributed by atoms with E-state index in [1.54, 1.807) is 6.92 Å². The van der Waals surface area contributed by atoms with Crippen molar-refractivity contribution in [2.75, 3.05) is 0 Å². The number of rotatable bonds is 2. The number of hydrogen-bond donors (Lipinski definition) is 0. The molecular formula is C8H7F3N4O. The number of nitrogens with zero attached hydrogens (tertiary/aromatic N) is 4. The molecule has 86 valence electrons. The highest BCUT2D eigenvalue weighted by Gasteiger charge is 2.30. The summed E-state index contributed by atoms with van der Waals surface area (Å²) in [5.74, 6) is 0.0271. The molecule has 2 aromatic rings. The Balaban J connectivity index is 2.41. The average Bonchev–Trinajstić information content (AvgIpc) is 2.73. The molecule has 0 fully saturated rings. The lowest BCUT2D eigenvalue weighted by Gasteiger charge is -2.08. The molecule has 0 saturated heterocycles. The third-order valence-electron chi connectivity index (χ3n) is 1.92. The van der Waals surface area contributed by atoms with Gasteiger partial charge in [0.2, 0.25) is 0 Å². The van der Waals surface area contributed by atoms with E-state index in [-0.39, 0.29) is 11.6 Å². The molecule has 0 spiro atoms. The Labute approximate surface area is 87.9 Å². The molecule has 5 nitrogen and oxygen atoms in total. The Hall–Kier alpha value is -1.86. The molecule has 0 amide bonds. The van der Waals surface area contributed by atoms with Crippen LogP contribution in [0.25, 0.3) is 11.6 Å². The fourth-order valence-electron chi connectivity index (χ4n) is 1.32. The Kier molecular flexibility index (Phi) is 2.41. The number of halogens is 3. The monoisotopic (exact) mass is 232 g/mol. The lowest BCUT2D eigenvalue weighted by Crippen LogP contribution is -2.19. The first-order valence-electron chi connectivity index (χ1n) is 4.33. The van der Waals surface area contributed by atoms with Gasteiger partial charge in [-0.15, -0.1) is 0 Å². The topological polar surface area (TPSA) is 56.7 Å². The van der Waals surface area contributed by atoms with Gasteiger partial charge < -0.3 is 4.52 Å². The summed E-state index contributed by atoms with van der Waals surface area (Å²) in [6, 6.07) is 0. The van der Waals surface area contributed by atoms with Crippen molar-refractivity contribution in [3.05, 3.63) is 18.1 Å². The van der Waals surface area contributed by atoms with Crippen LogP contribution in [0.3, 0.4) is 0 Å². The molecule has 2 heterocycles. The number of hydrogen-bond acceptors (Lipinski definition) is 4. The second-order valence-electron chi connectivity index (χ2n) is 3.20. The summed E-state index contributed by atoms with van der Waals surface area (Å²) in [4.78, 5) is 3.70.